The summed E-state index contributed by atoms with van der Waals surface area (Å²) in [5.74, 6) is 0.647. The van der Waals surface area contributed by atoms with Crippen molar-refractivity contribution in [3.8, 4) is 17.2 Å². The van der Waals surface area contributed by atoms with E-state index in [1.54, 1.807) is 24.3 Å². The number of hydrogen-bond donors (Lipinski definition) is 1. The molecule has 1 aliphatic heterocycles. The van der Waals surface area contributed by atoms with Crippen LogP contribution < -0.4 is 14.2 Å². The van der Waals surface area contributed by atoms with Gasteiger partial charge in [0.15, 0.2) is 11.5 Å². The van der Waals surface area contributed by atoms with Gasteiger partial charge >= 0.3 is 5.97 Å². The Kier molecular flexibility index (Phi) is 3.70. The monoisotopic (exact) mass is 350 g/mol. The number of fused-ring (bicyclic) bond motifs is 1. The summed E-state index contributed by atoms with van der Waals surface area (Å²) in [5, 5.41) is 9.22. The van der Waals surface area contributed by atoms with Crippen molar-refractivity contribution in [1.29, 1.82) is 0 Å². The zero-order valence-corrected chi connectivity index (χ0v) is 12.4. The lowest BCUT2D eigenvalue weighted by Crippen LogP contribution is -2.04. The molecule has 0 bridgehead atoms. The summed E-state index contributed by atoms with van der Waals surface area (Å²) in [6.07, 6.45) is 0. The number of halogens is 1. The Bertz CT molecular complexity index is 698. The molecule has 0 fully saturated rings. The molecular weight excluding hydrogens is 340 g/mol. The van der Waals surface area contributed by atoms with Gasteiger partial charge in [0.05, 0.1) is 0 Å². The molecule has 0 spiro atoms. The summed E-state index contributed by atoms with van der Waals surface area (Å²) in [6.45, 7) is 0.460. The molecule has 108 valence electrons. The Morgan fingerprint density at radius 2 is 2.05 bits per heavy atom. The minimum Gasteiger partial charge on any atom is -0.488 e. The standard InChI is InChI=1S/C15H11BrO5/c16-10-2-1-3-12(14(10)15(17)18)19-7-9-4-5-11-13(6-9)21-8-20-11/h1-6H,7-8H2,(H,17,18). The van der Waals surface area contributed by atoms with E-state index < -0.39 is 5.97 Å². The van der Waals surface area contributed by atoms with Crippen molar-refractivity contribution in [1.82, 2.24) is 0 Å². The number of ether oxygens (including phenoxy) is 3. The first-order valence-electron chi connectivity index (χ1n) is 6.18. The first-order chi connectivity index (χ1) is 10.1. The number of aromatic carboxylic acids is 1. The number of benzene rings is 2. The van der Waals surface area contributed by atoms with Crippen LogP contribution in [0, 0.1) is 0 Å². The van der Waals surface area contributed by atoms with Crippen molar-refractivity contribution in [2.24, 2.45) is 0 Å². The summed E-state index contributed by atoms with van der Waals surface area (Å²) in [7, 11) is 0. The first-order valence-corrected chi connectivity index (χ1v) is 6.97. The Morgan fingerprint density at radius 3 is 2.86 bits per heavy atom. The van der Waals surface area contributed by atoms with Crippen LogP contribution >= 0.6 is 15.9 Å². The summed E-state index contributed by atoms with van der Waals surface area (Å²) >= 11 is 3.22. The van der Waals surface area contributed by atoms with Crippen molar-refractivity contribution >= 4 is 21.9 Å². The second-order valence-electron chi connectivity index (χ2n) is 4.39. The molecule has 0 saturated heterocycles. The molecule has 1 N–H and O–H groups in total. The van der Waals surface area contributed by atoms with E-state index in [-0.39, 0.29) is 19.0 Å². The third-order valence-electron chi connectivity index (χ3n) is 3.02. The van der Waals surface area contributed by atoms with Crippen LogP contribution in [-0.4, -0.2) is 17.9 Å². The number of rotatable bonds is 4. The average molecular weight is 351 g/mol. The molecule has 0 unspecified atom stereocenters. The van der Waals surface area contributed by atoms with E-state index in [1.165, 1.54) is 0 Å². The smallest absolute Gasteiger partial charge is 0.340 e. The zero-order chi connectivity index (χ0) is 14.8. The maximum absolute atomic E-state index is 11.3. The highest BCUT2D eigenvalue weighted by molar-refractivity contribution is 9.10. The molecule has 1 aliphatic rings. The maximum Gasteiger partial charge on any atom is 0.340 e. The summed E-state index contributed by atoms with van der Waals surface area (Å²) in [4.78, 5) is 11.3. The molecule has 21 heavy (non-hydrogen) atoms. The quantitative estimate of drug-likeness (QED) is 0.914. The van der Waals surface area contributed by atoms with Crippen LogP contribution in [-0.2, 0) is 6.61 Å². The van der Waals surface area contributed by atoms with Gasteiger partial charge in [0, 0.05) is 4.47 Å². The normalized spacial score (nSPS) is 12.2. The largest absolute Gasteiger partial charge is 0.488 e. The van der Waals surface area contributed by atoms with Crippen molar-refractivity contribution in [3.63, 3.8) is 0 Å². The van der Waals surface area contributed by atoms with Crippen LogP contribution in [0.3, 0.4) is 0 Å². The van der Waals surface area contributed by atoms with Gasteiger partial charge in [-0.2, -0.15) is 0 Å². The van der Waals surface area contributed by atoms with Crippen LogP contribution in [0.15, 0.2) is 40.9 Å². The topological polar surface area (TPSA) is 65.0 Å². The van der Waals surface area contributed by atoms with Gasteiger partial charge in [0.25, 0.3) is 0 Å². The molecular formula is C15H11BrO5. The molecule has 6 heteroatoms. The van der Waals surface area contributed by atoms with Crippen molar-refractivity contribution in [2.75, 3.05) is 6.79 Å². The lowest BCUT2D eigenvalue weighted by molar-refractivity contribution is 0.0690. The van der Waals surface area contributed by atoms with E-state index in [4.69, 9.17) is 14.2 Å². The molecule has 2 aromatic rings. The predicted molar refractivity (Wildman–Crippen MR) is 78.0 cm³/mol. The van der Waals surface area contributed by atoms with Crippen LogP contribution in [0.1, 0.15) is 15.9 Å². The highest BCUT2D eigenvalue weighted by atomic mass is 79.9. The molecule has 0 radical (unpaired) electrons. The third kappa shape index (κ3) is 2.80. The van der Waals surface area contributed by atoms with Gasteiger partial charge in [0.2, 0.25) is 6.79 Å². The Hall–Kier alpha value is -2.21. The molecule has 1 heterocycles. The van der Waals surface area contributed by atoms with Crippen molar-refractivity contribution in [2.45, 2.75) is 6.61 Å². The Labute approximate surface area is 129 Å². The second-order valence-corrected chi connectivity index (χ2v) is 5.25. The van der Waals surface area contributed by atoms with Crippen molar-refractivity contribution in [3.05, 3.63) is 52.0 Å². The Balaban J connectivity index is 1.79. The summed E-state index contributed by atoms with van der Waals surface area (Å²) in [6, 6.07) is 10.5. The minimum atomic E-state index is -1.04. The van der Waals surface area contributed by atoms with Crippen LogP contribution in [0.5, 0.6) is 17.2 Å². The minimum absolute atomic E-state index is 0.109. The second kappa shape index (κ2) is 5.65. The highest BCUT2D eigenvalue weighted by Gasteiger charge is 2.16. The molecule has 3 rings (SSSR count). The number of carboxylic acids is 1. The van der Waals surface area contributed by atoms with Crippen LogP contribution in [0.4, 0.5) is 0 Å². The molecule has 0 atom stereocenters. The van der Waals surface area contributed by atoms with Crippen molar-refractivity contribution < 1.29 is 24.1 Å². The van der Waals surface area contributed by atoms with Crippen LogP contribution in [0.2, 0.25) is 0 Å². The average Bonchev–Trinajstić information content (AvgIpc) is 2.92. The summed E-state index contributed by atoms with van der Waals surface area (Å²) in [5.41, 5.74) is 0.980. The van der Waals surface area contributed by atoms with E-state index in [2.05, 4.69) is 15.9 Å². The van der Waals surface area contributed by atoms with Gasteiger partial charge in [-0.15, -0.1) is 0 Å². The SMILES string of the molecule is O=C(O)c1c(Br)cccc1OCc1ccc2c(c1)OCO2. The molecule has 0 saturated carbocycles. The molecule has 5 nitrogen and oxygen atoms in total. The van der Waals surface area contributed by atoms with E-state index in [9.17, 15) is 9.90 Å². The van der Waals surface area contributed by atoms with E-state index in [1.807, 2.05) is 12.1 Å². The van der Waals surface area contributed by atoms with E-state index in [0.717, 1.165) is 5.56 Å². The molecule has 0 amide bonds. The van der Waals surface area contributed by atoms with Gasteiger partial charge < -0.3 is 19.3 Å². The lowest BCUT2D eigenvalue weighted by Gasteiger charge is -2.10. The number of hydrogen-bond acceptors (Lipinski definition) is 4. The van der Waals surface area contributed by atoms with Gasteiger partial charge in [-0.05, 0) is 45.8 Å². The summed E-state index contributed by atoms with van der Waals surface area (Å²) < 4.78 is 16.6. The van der Waals surface area contributed by atoms with Gasteiger partial charge in [-0.1, -0.05) is 12.1 Å². The van der Waals surface area contributed by atoms with E-state index >= 15 is 0 Å². The Morgan fingerprint density at radius 1 is 1.24 bits per heavy atom. The highest BCUT2D eigenvalue weighted by Crippen LogP contribution is 2.33. The maximum atomic E-state index is 11.3. The lowest BCUT2D eigenvalue weighted by atomic mass is 10.2. The molecule has 0 aromatic heterocycles. The number of carboxylic acid groups (broad SMARTS) is 1. The predicted octanol–water partition coefficient (Wildman–Crippen LogP) is 3.46. The fourth-order valence-corrected chi connectivity index (χ4v) is 2.54. The zero-order valence-electron chi connectivity index (χ0n) is 10.8. The molecule has 0 aliphatic carbocycles. The van der Waals surface area contributed by atoms with Gasteiger partial charge in [-0.25, -0.2) is 4.79 Å². The fourth-order valence-electron chi connectivity index (χ4n) is 2.02. The van der Waals surface area contributed by atoms with E-state index in [0.29, 0.717) is 21.7 Å². The van der Waals surface area contributed by atoms with Gasteiger partial charge in [0.1, 0.15) is 17.9 Å². The first kappa shape index (κ1) is 13.8. The fraction of sp³-hybridized carbons (Fsp3) is 0.133. The molecule has 2 aromatic carbocycles. The number of carbonyl (C=O) groups is 1. The third-order valence-corrected chi connectivity index (χ3v) is 3.68. The van der Waals surface area contributed by atoms with Crippen LogP contribution in [0.25, 0.3) is 0 Å². The van der Waals surface area contributed by atoms with Gasteiger partial charge in [-0.3, -0.25) is 0 Å².